The lowest BCUT2D eigenvalue weighted by molar-refractivity contribution is -0.138. The fraction of sp³-hybridized carbons (Fsp3) is 0.636. The van der Waals surface area contributed by atoms with E-state index < -0.39 is 12.3 Å². The summed E-state index contributed by atoms with van der Waals surface area (Å²) < 4.78 is 20.3. The van der Waals surface area contributed by atoms with E-state index >= 15 is 0 Å². The molecule has 1 aliphatic heterocycles. The van der Waals surface area contributed by atoms with Crippen LogP contribution in [-0.4, -0.2) is 51.6 Å². The van der Waals surface area contributed by atoms with Crippen molar-refractivity contribution in [2.24, 2.45) is 0 Å². The van der Waals surface area contributed by atoms with Crippen molar-refractivity contribution < 1.29 is 23.7 Å². The summed E-state index contributed by atoms with van der Waals surface area (Å²) in [5, 5.41) is 10.3. The van der Waals surface area contributed by atoms with Crippen LogP contribution in [0.3, 0.4) is 0 Å². The molecule has 0 unspecified atom stereocenters. The van der Waals surface area contributed by atoms with E-state index in [0.717, 1.165) is 0 Å². The highest BCUT2D eigenvalue weighted by atomic mass is 16.7. The Morgan fingerprint density at radius 2 is 2.11 bits per heavy atom. The van der Waals surface area contributed by atoms with Crippen molar-refractivity contribution in [1.29, 1.82) is 5.41 Å². The Balaban J connectivity index is 2.48. The van der Waals surface area contributed by atoms with Crippen LogP contribution in [0.4, 0.5) is 0 Å². The van der Waals surface area contributed by atoms with Crippen LogP contribution in [0.15, 0.2) is 11.8 Å². The molecule has 7 heteroatoms. The van der Waals surface area contributed by atoms with Gasteiger partial charge in [-0.05, 0) is 6.92 Å². The van der Waals surface area contributed by atoms with Gasteiger partial charge in [0.05, 0.1) is 19.8 Å². The third-order valence-electron chi connectivity index (χ3n) is 2.08. The Kier molecular flexibility index (Phi) is 6.16. The van der Waals surface area contributed by atoms with Crippen molar-refractivity contribution in [2.45, 2.75) is 13.2 Å². The van der Waals surface area contributed by atoms with Gasteiger partial charge in [0.25, 0.3) is 0 Å². The molecule has 1 fully saturated rings. The molecule has 0 saturated carbocycles. The zero-order valence-electron chi connectivity index (χ0n) is 10.5. The lowest BCUT2D eigenvalue weighted by Gasteiger charge is -2.13. The maximum atomic E-state index is 11.6. The van der Waals surface area contributed by atoms with Crippen LogP contribution in [0, 0.1) is 5.41 Å². The van der Waals surface area contributed by atoms with Crippen LogP contribution in [0.25, 0.3) is 0 Å². The summed E-state index contributed by atoms with van der Waals surface area (Å²) in [4.78, 5) is 11.6. The number of hydrogen-bond acceptors (Lipinski definition) is 7. The molecule has 7 nitrogen and oxygen atoms in total. The predicted molar refractivity (Wildman–Crippen MR) is 63.1 cm³/mol. The van der Waals surface area contributed by atoms with E-state index in [1.165, 1.54) is 6.20 Å². The summed E-state index contributed by atoms with van der Waals surface area (Å²) in [6.07, 6.45) is 0.875. The van der Waals surface area contributed by atoms with Gasteiger partial charge in [-0.25, -0.2) is 4.79 Å². The van der Waals surface area contributed by atoms with Gasteiger partial charge < -0.3 is 24.3 Å². The highest BCUT2D eigenvalue weighted by Gasteiger charge is 2.21. The molecule has 18 heavy (non-hydrogen) atoms. The molecule has 0 aromatic carbocycles. The van der Waals surface area contributed by atoms with Crippen molar-refractivity contribution in [3.63, 3.8) is 0 Å². The number of ether oxygens (including phenoxy) is 4. The van der Waals surface area contributed by atoms with Crippen LogP contribution in [-0.2, 0) is 23.7 Å². The number of carbonyl (C=O) groups excluding carboxylic acids is 1. The molecule has 0 aromatic rings. The van der Waals surface area contributed by atoms with E-state index in [1.807, 2.05) is 0 Å². The average Bonchev–Trinajstić information content (AvgIpc) is 2.86. The topological polar surface area (TPSA) is 89.9 Å². The number of nitrogens with one attached hydrogen (secondary N) is 2. The van der Waals surface area contributed by atoms with Crippen molar-refractivity contribution in [3.05, 3.63) is 11.8 Å². The first-order valence-corrected chi connectivity index (χ1v) is 5.68. The normalized spacial score (nSPS) is 16.4. The molecule has 1 rings (SSSR count). The Bertz CT molecular complexity index is 323. The minimum Gasteiger partial charge on any atom is -0.472 e. The molecular weight excluding hydrogens is 240 g/mol. The van der Waals surface area contributed by atoms with Crippen LogP contribution >= 0.6 is 0 Å². The second-order valence-corrected chi connectivity index (χ2v) is 3.38. The molecule has 0 spiro atoms. The molecule has 0 aliphatic carbocycles. The van der Waals surface area contributed by atoms with E-state index in [1.54, 1.807) is 14.0 Å². The quantitative estimate of drug-likeness (QED) is 0.302. The molecule has 1 heterocycles. The molecule has 0 amide bonds. The molecule has 1 aliphatic rings. The zero-order chi connectivity index (χ0) is 13.4. The van der Waals surface area contributed by atoms with Gasteiger partial charge in [-0.1, -0.05) is 0 Å². The maximum Gasteiger partial charge on any atom is 0.345 e. The SMILES string of the molecule is CCOC(=O)/C(=C/NC)C(=N)OCC1OCCO1. The first-order valence-electron chi connectivity index (χ1n) is 5.68. The molecule has 0 radical (unpaired) electrons. The Morgan fingerprint density at radius 1 is 1.44 bits per heavy atom. The summed E-state index contributed by atoms with van der Waals surface area (Å²) >= 11 is 0. The Morgan fingerprint density at radius 3 is 2.67 bits per heavy atom. The maximum absolute atomic E-state index is 11.6. The minimum absolute atomic E-state index is 0.0253. The van der Waals surface area contributed by atoms with Gasteiger partial charge >= 0.3 is 5.97 Å². The number of carbonyl (C=O) groups is 1. The van der Waals surface area contributed by atoms with Crippen LogP contribution in [0.2, 0.25) is 0 Å². The van der Waals surface area contributed by atoms with Crippen molar-refractivity contribution in [1.82, 2.24) is 5.32 Å². The second kappa shape index (κ2) is 7.67. The van der Waals surface area contributed by atoms with Gasteiger partial charge in [0, 0.05) is 13.2 Å². The van der Waals surface area contributed by atoms with Crippen LogP contribution in [0.5, 0.6) is 0 Å². The third kappa shape index (κ3) is 4.34. The Labute approximate surface area is 106 Å². The Hall–Kier alpha value is -1.60. The molecule has 0 bridgehead atoms. The van der Waals surface area contributed by atoms with Crippen molar-refractivity contribution in [3.8, 4) is 0 Å². The first-order chi connectivity index (χ1) is 8.69. The van der Waals surface area contributed by atoms with Gasteiger partial charge in [0.2, 0.25) is 5.90 Å². The molecule has 0 aromatic heterocycles. The van der Waals surface area contributed by atoms with E-state index in [0.29, 0.717) is 13.2 Å². The molecule has 0 atom stereocenters. The first kappa shape index (κ1) is 14.5. The van der Waals surface area contributed by atoms with Gasteiger partial charge in [0.15, 0.2) is 6.29 Å². The molecule has 1 saturated heterocycles. The van der Waals surface area contributed by atoms with Crippen molar-refractivity contribution >= 4 is 11.9 Å². The van der Waals surface area contributed by atoms with E-state index in [2.05, 4.69) is 5.32 Å². The number of hydrogen-bond donors (Lipinski definition) is 2. The van der Waals surface area contributed by atoms with Gasteiger partial charge in [-0.2, -0.15) is 0 Å². The highest BCUT2D eigenvalue weighted by molar-refractivity contribution is 6.15. The van der Waals surface area contributed by atoms with E-state index in [4.69, 9.17) is 24.4 Å². The second-order valence-electron chi connectivity index (χ2n) is 3.38. The smallest absolute Gasteiger partial charge is 0.345 e. The third-order valence-corrected chi connectivity index (χ3v) is 2.08. The van der Waals surface area contributed by atoms with Gasteiger partial charge in [-0.15, -0.1) is 0 Å². The van der Waals surface area contributed by atoms with Crippen LogP contribution < -0.4 is 5.32 Å². The van der Waals surface area contributed by atoms with Crippen LogP contribution in [0.1, 0.15) is 6.92 Å². The molecule has 2 N–H and O–H groups in total. The monoisotopic (exact) mass is 258 g/mol. The lowest BCUT2D eigenvalue weighted by atomic mass is 10.3. The average molecular weight is 258 g/mol. The summed E-state index contributed by atoms with van der Waals surface area (Å²) in [5.41, 5.74) is 0.0253. The standard InChI is InChI=1S/C11H18N2O5/c1-3-15-11(14)8(6-13-2)10(12)18-7-9-16-4-5-17-9/h6,9,12-13H,3-5,7H2,1-2H3/b8-6+,12-10?. The van der Waals surface area contributed by atoms with E-state index in [-0.39, 0.29) is 24.7 Å². The largest absolute Gasteiger partial charge is 0.472 e. The summed E-state index contributed by atoms with van der Waals surface area (Å²) in [6, 6.07) is 0. The molecule has 102 valence electrons. The highest BCUT2D eigenvalue weighted by Crippen LogP contribution is 2.07. The zero-order valence-corrected chi connectivity index (χ0v) is 10.5. The minimum atomic E-state index is -0.606. The van der Waals surface area contributed by atoms with Gasteiger partial charge in [-0.3, -0.25) is 5.41 Å². The summed E-state index contributed by atoms with van der Waals surface area (Å²) in [5.74, 6) is -0.882. The molecular formula is C11H18N2O5. The predicted octanol–water partition coefficient (Wildman–Crippen LogP) is 0.0196. The summed E-state index contributed by atoms with van der Waals surface area (Å²) in [7, 11) is 1.62. The van der Waals surface area contributed by atoms with E-state index in [9.17, 15) is 4.79 Å². The van der Waals surface area contributed by atoms with Gasteiger partial charge in [0.1, 0.15) is 12.2 Å². The lowest BCUT2D eigenvalue weighted by Crippen LogP contribution is -2.24. The fourth-order valence-corrected chi connectivity index (χ4v) is 1.30. The number of rotatable bonds is 6. The fourth-order valence-electron chi connectivity index (χ4n) is 1.30. The van der Waals surface area contributed by atoms with Crippen molar-refractivity contribution in [2.75, 3.05) is 33.5 Å². The summed E-state index contributed by atoms with van der Waals surface area (Å²) in [6.45, 7) is 3.03. The number of esters is 1.